The van der Waals surface area contributed by atoms with Gasteiger partial charge in [0.05, 0.1) is 5.92 Å². The minimum Gasteiger partial charge on any atom is -0.481 e. The Balaban J connectivity index is 1.74. The van der Waals surface area contributed by atoms with Gasteiger partial charge in [-0.1, -0.05) is 6.42 Å². The molecular formula is C10H17NO2. The Bertz CT molecular complexity index is 201. The summed E-state index contributed by atoms with van der Waals surface area (Å²) < 4.78 is 0. The van der Waals surface area contributed by atoms with Crippen molar-refractivity contribution in [3.8, 4) is 0 Å². The normalized spacial score (nSPS) is 30.3. The van der Waals surface area contributed by atoms with Gasteiger partial charge in [-0.3, -0.25) is 4.79 Å². The van der Waals surface area contributed by atoms with Crippen LogP contribution in [0, 0.1) is 11.8 Å². The molecule has 0 aromatic rings. The molecule has 1 aliphatic carbocycles. The van der Waals surface area contributed by atoms with E-state index in [0.717, 1.165) is 32.0 Å². The van der Waals surface area contributed by atoms with Gasteiger partial charge in [-0.05, 0) is 31.7 Å². The summed E-state index contributed by atoms with van der Waals surface area (Å²) in [4.78, 5) is 13.0. The predicted octanol–water partition coefficient (Wildman–Crippen LogP) is 1.19. The molecule has 1 heterocycles. The average molecular weight is 183 g/mol. The highest BCUT2D eigenvalue weighted by atomic mass is 16.4. The standard InChI is InChI=1S/C10H17NO2/c12-10(13)9-4-5-11(7-9)6-8-2-1-3-8/h8-9H,1-7H2,(H,12,13). The van der Waals surface area contributed by atoms with Crippen LogP contribution in [0.3, 0.4) is 0 Å². The van der Waals surface area contributed by atoms with Crippen LogP contribution >= 0.6 is 0 Å². The van der Waals surface area contributed by atoms with Crippen molar-refractivity contribution in [2.45, 2.75) is 25.7 Å². The summed E-state index contributed by atoms with van der Waals surface area (Å²) in [6.07, 6.45) is 4.94. The molecule has 1 atom stereocenters. The molecule has 1 saturated carbocycles. The van der Waals surface area contributed by atoms with Crippen LogP contribution in [0.25, 0.3) is 0 Å². The highest BCUT2D eigenvalue weighted by Gasteiger charge is 2.30. The quantitative estimate of drug-likeness (QED) is 0.714. The Morgan fingerprint density at radius 1 is 1.38 bits per heavy atom. The van der Waals surface area contributed by atoms with Gasteiger partial charge >= 0.3 is 5.97 Å². The molecule has 3 heteroatoms. The average Bonchev–Trinajstić information content (AvgIpc) is 2.44. The number of carbonyl (C=O) groups is 1. The smallest absolute Gasteiger partial charge is 0.307 e. The number of carboxylic acids is 1. The minimum absolute atomic E-state index is 0.0972. The van der Waals surface area contributed by atoms with E-state index in [-0.39, 0.29) is 5.92 Å². The van der Waals surface area contributed by atoms with Gasteiger partial charge in [-0.15, -0.1) is 0 Å². The first kappa shape index (κ1) is 9.00. The lowest BCUT2D eigenvalue weighted by molar-refractivity contribution is -0.141. The molecule has 13 heavy (non-hydrogen) atoms. The largest absolute Gasteiger partial charge is 0.481 e. The summed E-state index contributed by atoms with van der Waals surface area (Å²) in [5, 5.41) is 8.81. The molecule has 74 valence electrons. The van der Waals surface area contributed by atoms with E-state index < -0.39 is 5.97 Å². The second-order valence-electron chi connectivity index (χ2n) is 4.38. The van der Waals surface area contributed by atoms with Crippen LogP contribution in [-0.4, -0.2) is 35.6 Å². The van der Waals surface area contributed by atoms with Gasteiger partial charge in [0, 0.05) is 13.1 Å². The van der Waals surface area contributed by atoms with Gasteiger partial charge < -0.3 is 10.0 Å². The van der Waals surface area contributed by atoms with E-state index in [1.54, 1.807) is 0 Å². The minimum atomic E-state index is -0.615. The highest BCUT2D eigenvalue weighted by Crippen LogP contribution is 2.29. The van der Waals surface area contributed by atoms with Crippen molar-refractivity contribution in [2.75, 3.05) is 19.6 Å². The van der Waals surface area contributed by atoms with E-state index in [1.807, 2.05) is 0 Å². The third kappa shape index (κ3) is 2.02. The predicted molar refractivity (Wildman–Crippen MR) is 49.5 cm³/mol. The number of rotatable bonds is 3. The molecule has 1 N–H and O–H groups in total. The van der Waals surface area contributed by atoms with E-state index in [2.05, 4.69) is 4.90 Å². The Kier molecular flexibility index (Phi) is 2.54. The third-order valence-corrected chi connectivity index (χ3v) is 3.36. The van der Waals surface area contributed by atoms with Gasteiger partial charge in [0.15, 0.2) is 0 Å². The summed E-state index contributed by atoms with van der Waals surface area (Å²) in [5.74, 6) is 0.156. The first-order valence-corrected chi connectivity index (χ1v) is 5.21. The molecule has 2 aliphatic rings. The van der Waals surface area contributed by atoms with Gasteiger partial charge in [0.1, 0.15) is 0 Å². The second kappa shape index (κ2) is 3.66. The number of hydrogen-bond donors (Lipinski definition) is 1. The number of nitrogens with zero attached hydrogens (tertiary/aromatic N) is 1. The van der Waals surface area contributed by atoms with Crippen molar-refractivity contribution < 1.29 is 9.90 Å². The van der Waals surface area contributed by atoms with Gasteiger partial charge in [0.2, 0.25) is 0 Å². The summed E-state index contributed by atoms with van der Waals surface area (Å²) in [6.45, 7) is 2.92. The second-order valence-corrected chi connectivity index (χ2v) is 4.38. The molecule has 1 unspecified atom stereocenters. The molecule has 2 rings (SSSR count). The third-order valence-electron chi connectivity index (χ3n) is 3.36. The van der Waals surface area contributed by atoms with E-state index in [0.29, 0.717) is 0 Å². The monoisotopic (exact) mass is 183 g/mol. The zero-order valence-electron chi connectivity index (χ0n) is 7.91. The van der Waals surface area contributed by atoms with Crippen LogP contribution in [0.15, 0.2) is 0 Å². The first-order chi connectivity index (χ1) is 6.25. The van der Waals surface area contributed by atoms with Gasteiger partial charge in [-0.25, -0.2) is 0 Å². The molecule has 0 amide bonds. The van der Waals surface area contributed by atoms with Crippen molar-refractivity contribution in [1.82, 2.24) is 4.90 Å². The topological polar surface area (TPSA) is 40.5 Å². The molecule has 3 nitrogen and oxygen atoms in total. The molecule has 0 aromatic carbocycles. The lowest BCUT2D eigenvalue weighted by atomic mass is 9.85. The van der Waals surface area contributed by atoms with Crippen LogP contribution < -0.4 is 0 Å². The van der Waals surface area contributed by atoms with Gasteiger partial charge in [-0.2, -0.15) is 0 Å². The van der Waals surface area contributed by atoms with Crippen molar-refractivity contribution >= 4 is 5.97 Å². The molecule has 0 aromatic heterocycles. The maximum Gasteiger partial charge on any atom is 0.307 e. The summed E-state index contributed by atoms with van der Waals surface area (Å²) in [5.41, 5.74) is 0. The van der Waals surface area contributed by atoms with E-state index >= 15 is 0 Å². The Labute approximate surface area is 78.7 Å². The molecule has 0 radical (unpaired) electrons. The molecule has 1 saturated heterocycles. The Morgan fingerprint density at radius 3 is 2.62 bits per heavy atom. The van der Waals surface area contributed by atoms with Crippen LogP contribution in [0.2, 0.25) is 0 Å². The number of aliphatic carboxylic acids is 1. The Hall–Kier alpha value is -0.570. The molecule has 0 bridgehead atoms. The fourth-order valence-corrected chi connectivity index (χ4v) is 2.24. The summed E-state index contributed by atoms with van der Waals surface area (Å²) in [6, 6.07) is 0. The molecule has 0 spiro atoms. The lowest BCUT2D eigenvalue weighted by Gasteiger charge is -2.29. The van der Waals surface area contributed by atoms with E-state index in [1.165, 1.54) is 19.3 Å². The van der Waals surface area contributed by atoms with Crippen LogP contribution in [-0.2, 0) is 4.79 Å². The van der Waals surface area contributed by atoms with Crippen molar-refractivity contribution in [3.63, 3.8) is 0 Å². The maximum absolute atomic E-state index is 10.7. The van der Waals surface area contributed by atoms with Crippen molar-refractivity contribution in [2.24, 2.45) is 11.8 Å². The van der Waals surface area contributed by atoms with Crippen molar-refractivity contribution in [1.29, 1.82) is 0 Å². The number of carboxylic acid groups (broad SMARTS) is 1. The SMILES string of the molecule is O=C(O)C1CCN(CC2CCC2)C1. The highest BCUT2D eigenvalue weighted by molar-refractivity contribution is 5.70. The van der Waals surface area contributed by atoms with Crippen LogP contribution in [0.5, 0.6) is 0 Å². The molecular weight excluding hydrogens is 166 g/mol. The lowest BCUT2D eigenvalue weighted by Crippen LogP contribution is -2.31. The fraction of sp³-hybridized carbons (Fsp3) is 0.900. The number of likely N-dealkylation sites (tertiary alicyclic amines) is 1. The maximum atomic E-state index is 10.7. The Morgan fingerprint density at radius 2 is 2.15 bits per heavy atom. The van der Waals surface area contributed by atoms with Crippen molar-refractivity contribution in [3.05, 3.63) is 0 Å². The summed E-state index contributed by atoms with van der Waals surface area (Å²) in [7, 11) is 0. The zero-order chi connectivity index (χ0) is 9.26. The zero-order valence-corrected chi connectivity index (χ0v) is 7.91. The number of hydrogen-bond acceptors (Lipinski definition) is 2. The van der Waals surface area contributed by atoms with Crippen LogP contribution in [0.1, 0.15) is 25.7 Å². The summed E-state index contributed by atoms with van der Waals surface area (Å²) >= 11 is 0. The van der Waals surface area contributed by atoms with E-state index in [9.17, 15) is 4.79 Å². The molecule has 1 aliphatic heterocycles. The van der Waals surface area contributed by atoms with E-state index in [4.69, 9.17) is 5.11 Å². The van der Waals surface area contributed by atoms with Gasteiger partial charge in [0.25, 0.3) is 0 Å². The van der Waals surface area contributed by atoms with Crippen LogP contribution in [0.4, 0.5) is 0 Å². The fourth-order valence-electron chi connectivity index (χ4n) is 2.24. The first-order valence-electron chi connectivity index (χ1n) is 5.21. The molecule has 2 fully saturated rings.